The maximum Gasteiger partial charge on any atom is 0.356 e. The van der Waals surface area contributed by atoms with Gasteiger partial charge in [0.2, 0.25) is 0 Å². The van der Waals surface area contributed by atoms with Crippen LogP contribution < -0.4 is 0 Å². The highest BCUT2D eigenvalue weighted by molar-refractivity contribution is 6.30. The first-order valence-electron chi connectivity index (χ1n) is 5.10. The Morgan fingerprint density at radius 1 is 1.44 bits per heavy atom. The van der Waals surface area contributed by atoms with Crippen molar-refractivity contribution in [3.05, 3.63) is 40.8 Å². The summed E-state index contributed by atoms with van der Waals surface area (Å²) in [4.78, 5) is 11.4. The number of benzene rings is 1. The number of carbonyl (C=O) groups is 1. The van der Waals surface area contributed by atoms with Crippen molar-refractivity contribution in [3.63, 3.8) is 0 Å². The number of carbonyl (C=O) groups excluding carboxylic acids is 1. The minimum atomic E-state index is -0.523. The lowest BCUT2D eigenvalue weighted by Gasteiger charge is -1.99. The number of methoxy groups -OCH3 is 1. The molecule has 0 spiro atoms. The van der Waals surface area contributed by atoms with Gasteiger partial charge in [0.25, 0.3) is 0 Å². The second-order valence-corrected chi connectivity index (χ2v) is 4.09. The molecule has 0 N–H and O–H groups in total. The zero-order valence-corrected chi connectivity index (χ0v) is 10.5. The first-order chi connectivity index (χ1) is 8.52. The molecule has 1 aromatic carbocycles. The van der Waals surface area contributed by atoms with Gasteiger partial charge in [-0.25, -0.2) is 9.18 Å². The Balaban J connectivity index is 2.49. The SMILES string of the molecule is COC(=O)c1cc(-c2ccc(Cl)cc2F)nn1C. The number of hydrogen-bond acceptors (Lipinski definition) is 3. The van der Waals surface area contributed by atoms with Crippen LogP contribution in [0.15, 0.2) is 24.3 Å². The molecule has 1 heterocycles. The summed E-state index contributed by atoms with van der Waals surface area (Å²) in [5.74, 6) is -1.01. The molecule has 2 rings (SSSR count). The van der Waals surface area contributed by atoms with E-state index in [9.17, 15) is 9.18 Å². The summed E-state index contributed by atoms with van der Waals surface area (Å²) < 4.78 is 19.7. The third-order valence-electron chi connectivity index (χ3n) is 2.48. The zero-order chi connectivity index (χ0) is 13.3. The molecule has 1 aromatic heterocycles. The summed E-state index contributed by atoms with van der Waals surface area (Å²) in [5, 5.41) is 4.38. The Labute approximate surface area is 108 Å². The van der Waals surface area contributed by atoms with Crippen molar-refractivity contribution < 1.29 is 13.9 Å². The lowest BCUT2D eigenvalue weighted by Crippen LogP contribution is -2.07. The molecule has 0 amide bonds. The Morgan fingerprint density at radius 3 is 2.78 bits per heavy atom. The van der Waals surface area contributed by atoms with Gasteiger partial charge in [-0.1, -0.05) is 11.6 Å². The molecule has 0 radical (unpaired) electrons. The van der Waals surface area contributed by atoms with Crippen LogP contribution >= 0.6 is 11.6 Å². The molecule has 0 atom stereocenters. The molecule has 0 saturated carbocycles. The van der Waals surface area contributed by atoms with Crippen molar-refractivity contribution >= 4 is 17.6 Å². The topological polar surface area (TPSA) is 44.1 Å². The van der Waals surface area contributed by atoms with Gasteiger partial charge < -0.3 is 4.74 Å². The molecule has 18 heavy (non-hydrogen) atoms. The molecule has 6 heteroatoms. The summed E-state index contributed by atoms with van der Waals surface area (Å²) in [7, 11) is 2.86. The van der Waals surface area contributed by atoms with Gasteiger partial charge in [-0.3, -0.25) is 4.68 Å². The summed E-state index contributed by atoms with van der Waals surface area (Å²) >= 11 is 5.67. The summed E-state index contributed by atoms with van der Waals surface area (Å²) in [6.45, 7) is 0. The Morgan fingerprint density at radius 2 is 2.17 bits per heavy atom. The second kappa shape index (κ2) is 4.78. The van der Waals surface area contributed by atoms with Crippen molar-refractivity contribution in [2.45, 2.75) is 0 Å². The average Bonchev–Trinajstić information content (AvgIpc) is 2.70. The van der Waals surface area contributed by atoms with Crippen LogP contribution in [0.2, 0.25) is 5.02 Å². The van der Waals surface area contributed by atoms with E-state index in [0.29, 0.717) is 10.7 Å². The number of ether oxygens (including phenoxy) is 1. The zero-order valence-electron chi connectivity index (χ0n) is 9.78. The molecule has 0 aliphatic carbocycles. The third-order valence-corrected chi connectivity index (χ3v) is 2.72. The van der Waals surface area contributed by atoms with Gasteiger partial charge in [-0.2, -0.15) is 5.10 Å². The maximum absolute atomic E-state index is 13.7. The number of hydrogen-bond donors (Lipinski definition) is 0. The Bertz CT molecular complexity index is 610. The van der Waals surface area contributed by atoms with Gasteiger partial charge >= 0.3 is 5.97 Å². The van der Waals surface area contributed by atoms with Crippen LogP contribution in [-0.2, 0) is 11.8 Å². The summed E-state index contributed by atoms with van der Waals surface area (Å²) in [5.41, 5.74) is 0.888. The van der Waals surface area contributed by atoms with Gasteiger partial charge in [0.15, 0.2) is 0 Å². The molecular weight excluding hydrogens is 259 g/mol. The van der Waals surface area contributed by atoms with Gasteiger partial charge in [-0.15, -0.1) is 0 Å². The normalized spacial score (nSPS) is 10.4. The molecule has 4 nitrogen and oxygen atoms in total. The fraction of sp³-hybridized carbons (Fsp3) is 0.167. The number of rotatable bonds is 2. The van der Waals surface area contributed by atoms with E-state index in [-0.39, 0.29) is 11.3 Å². The molecular formula is C12H10ClFN2O2. The molecule has 2 aromatic rings. The monoisotopic (exact) mass is 268 g/mol. The molecule has 0 unspecified atom stereocenters. The van der Waals surface area contributed by atoms with Crippen molar-refractivity contribution in [3.8, 4) is 11.3 Å². The summed E-state index contributed by atoms with van der Waals surface area (Å²) in [6.07, 6.45) is 0. The average molecular weight is 269 g/mol. The Hall–Kier alpha value is -1.88. The molecule has 0 fully saturated rings. The smallest absolute Gasteiger partial charge is 0.356 e. The number of aromatic nitrogens is 2. The first-order valence-corrected chi connectivity index (χ1v) is 5.48. The van der Waals surface area contributed by atoms with Gasteiger partial charge in [0, 0.05) is 17.6 Å². The highest BCUT2D eigenvalue weighted by Gasteiger charge is 2.16. The molecule has 0 bridgehead atoms. The predicted octanol–water partition coefficient (Wildman–Crippen LogP) is 2.67. The van der Waals surface area contributed by atoms with E-state index >= 15 is 0 Å². The number of nitrogens with zero attached hydrogens (tertiary/aromatic N) is 2. The predicted molar refractivity (Wildman–Crippen MR) is 65.0 cm³/mol. The highest BCUT2D eigenvalue weighted by Crippen LogP contribution is 2.25. The van der Waals surface area contributed by atoms with E-state index in [1.54, 1.807) is 13.1 Å². The number of halogens is 2. The Kier molecular flexibility index (Phi) is 3.34. The molecule has 0 aliphatic rings. The fourth-order valence-electron chi connectivity index (χ4n) is 1.59. The van der Waals surface area contributed by atoms with Crippen LogP contribution in [-0.4, -0.2) is 22.9 Å². The van der Waals surface area contributed by atoms with Crippen molar-refractivity contribution in [2.24, 2.45) is 7.05 Å². The molecule has 0 saturated heterocycles. The molecule has 94 valence electrons. The van der Waals surface area contributed by atoms with E-state index in [0.717, 1.165) is 0 Å². The van der Waals surface area contributed by atoms with Crippen LogP contribution in [0.1, 0.15) is 10.5 Å². The quantitative estimate of drug-likeness (QED) is 0.787. The van der Waals surface area contributed by atoms with E-state index in [4.69, 9.17) is 11.6 Å². The van der Waals surface area contributed by atoms with Gasteiger partial charge in [0.05, 0.1) is 12.8 Å². The van der Waals surface area contributed by atoms with E-state index in [2.05, 4.69) is 9.84 Å². The summed E-state index contributed by atoms with van der Waals surface area (Å²) in [6, 6.07) is 5.75. The highest BCUT2D eigenvalue weighted by atomic mass is 35.5. The van der Waals surface area contributed by atoms with Gasteiger partial charge in [-0.05, 0) is 24.3 Å². The van der Waals surface area contributed by atoms with Gasteiger partial charge in [0.1, 0.15) is 11.5 Å². The van der Waals surface area contributed by atoms with Crippen molar-refractivity contribution in [1.82, 2.24) is 9.78 Å². The number of aryl methyl sites for hydroxylation is 1. The van der Waals surface area contributed by atoms with Crippen LogP contribution in [0.25, 0.3) is 11.3 Å². The lowest BCUT2D eigenvalue weighted by atomic mass is 10.1. The first kappa shape index (κ1) is 12.6. The third kappa shape index (κ3) is 2.22. The minimum Gasteiger partial charge on any atom is -0.464 e. The fourth-order valence-corrected chi connectivity index (χ4v) is 1.75. The largest absolute Gasteiger partial charge is 0.464 e. The van der Waals surface area contributed by atoms with Crippen molar-refractivity contribution in [1.29, 1.82) is 0 Å². The minimum absolute atomic E-state index is 0.252. The standard InChI is InChI=1S/C12H10ClFN2O2/c1-16-11(12(17)18-2)6-10(15-16)8-4-3-7(13)5-9(8)14/h3-6H,1-2H3. The molecule has 0 aliphatic heterocycles. The van der Waals surface area contributed by atoms with E-state index in [1.807, 2.05) is 0 Å². The van der Waals surface area contributed by atoms with Crippen LogP contribution in [0, 0.1) is 5.82 Å². The van der Waals surface area contributed by atoms with Crippen molar-refractivity contribution in [2.75, 3.05) is 7.11 Å². The second-order valence-electron chi connectivity index (χ2n) is 3.65. The van der Waals surface area contributed by atoms with E-state index < -0.39 is 11.8 Å². The van der Waals surface area contributed by atoms with Crippen LogP contribution in [0.4, 0.5) is 4.39 Å². The number of esters is 1. The van der Waals surface area contributed by atoms with E-state index in [1.165, 1.54) is 30.0 Å². The van der Waals surface area contributed by atoms with Crippen LogP contribution in [0.5, 0.6) is 0 Å². The lowest BCUT2D eigenvalue weighted by molar-refractivity contribution is 0.0588. The van der Waals surface area contributed by atoms with Crippen LogP contribution in [0.3, 0.4) is 0 Å². The maximum atomic E-state index is 13.7.